The van der Waals surface area contributed by atoms with Gasteiger partial charge in [0.25, 0.3) is 0 Å². The fourth-order valence-electron chi connectivity index (χ4n) is 1.81. The van der Waals surface area contributed by atoms with E-state index in [-0.39, 0.29) is 6.04 Å². The number of carboxylic acids is 1. The summed E-state index contributed by atoms with van der Waals surface area (Å²) in [4.78, 5) is 27.3. The number of unbranched alkanes of at least 4 members (excludes halogenated alkanes) is 1. The zero-order chi connectivity index (χ0) is 13.4. The van der Waals surface area contributed by atoms with E-state index in [1.807, 2.05) is 0 Å². The molecule has 2 atom stereocenters. The van der Waals surface area contributed by atoms with E-state index >= 15 is 0 Å². The summed E-state index contributed by atoms with van der Waals surface area (Å²) in [6.07, 6.45) is 3.48. The molecule has 0 aromatic heterocycles. The van der Waals surface area contributed by atoms with Crippen LogP contribution in [0.2, 0.25) is 0 Å². The minimum Gasteiger partial charge on any atom is -0.480 e. The van der Waals surface area contributed by atoms with E-state index in [2.05, 4.69) is 10.8 Å². The molecular formula is C11H21N3O4. The highest BCUT2D eigenvalue weighted by atomic mass is 16.7. The lowest BCUT2D eigenvalue weighted by molar-refractivity contribution is -0.159. The maximum absolute atomic E-state index is 11.5. The molecule has 0 spiro atoms. The van der Waals surface area contributed by atoms with Crippen LogP contribution in [0.5, 0.6) is 0 Å². The smallest absolute Gasteiger partial charge is 0.341 e. The van der Waals surface area contributed by atoms with Crippen molar-refractivity contribution in [1.82, 2.24) is 10.8 Å². The van der Waals surface area contributed by atoms with Gasteiger partial charge in [-0.15, -0.1) is 5.48 Å². The van der Waals surface area contributed by atoms with Crippen LogP contribution in [0.25, 0.3) is 0 Å². The average molecular weight is 259 g/mol. The van der Waals surface area contributed by atoms with Gasteiger partial charge in [0, 0.05) is 0 Å². The van der Waals surface area contributed by atoms with Crippen molar-refractivity contribution in [1.29, 1.82) is 0 Å². The zero-order valence-electron chi connectivity index (χ0n) is 10.4. The number of nitrogens with two attached hydrogens (primary N) is 1. The molecule has 18 heavy (non-hydrogen) atoms. The number of hydrogen-bond acceptors (Lipinski definition) is 6. The highest BCUT2D eigenvalue weighted by Gasteiger charge is 2.25. The molecule has 1 rings (SSSR count). The number of carbonyl (C=O) groups excluding carboxylic acids is 1. The second kappa shape index (κ2) is 8.02. The third-order valence-electron chi connectivity index (χ3n) is 2.89. The molecule has 0 bridgehead atoms. The molecule has 1 aliphatic rings. The molecule has 0 radical (unpaired) electrons. The van der Waals surface area contributed by atoms with Crippen LogP contribution in [0.1, 0.15) is 32.1 Å². The Morgan fingerprint density at radius 3 is 2.83 bits per heavy atom. The van der Waals surface area contributed by atoms with Crippen LogP contribution in [-0.2, 0) is 14.4 Å². The molecule has 0 saturated carbocycles. The second-order valence-corrected chi connectivity index (χ2v) is 4.36. The summed E-state index contributed by atoms with van der Waals surface area (Å²) < 4.78 is 0. The topological polar surface area (TPSA) is 114 Å². The predicted molar refractivity (Wildman–Crippen MR) is 64.6 cm³/mol. The second-order valence-electron chi connectivity index (χ2n) is 4.36. The monoisotopic (exact) mass is 259 g/mol. The Morgan fingerprint density at radius 2 is 2.28 bits per heavy atom. The molecule has 1 aliphatic heterocycles. The number of rotatable bonds is 8. The normalized spacial score (nSPS) is 20.6. The van der Waals surface area contributed by atoms with Crippen molar-refractivity contribution in [3.05, 3.63) is 0 Å². The number of hydrogen-bond donors (Lipinski definition) is 4. The van der Waals surface area contributed by atoms with Crippen LogP contribution in [-0.4, -0.2) is 42.2 Å². The van der Waals surface area contributed by atoms with Crippen molar-refractivity contribution in [2.45, 2.75) is 44.2 Å². The lowest BCUT2D eigenvalue weighted by Gasteiger charge is -2.15. The van der Waals surface area contributed by atoms with Gasteiger partial charge in [-0.25, -0.2) is 4.79 Å². The Morgan fingerprint density at radius 1 is 1.50 bits per heavy atom. The molecule has 7 nitrogen and oxygen atoms in total. The molecule has 0 aromatic carbocycles. The summed E-state index contributed by atoms with van der Waals surface area (Å²) in [6.45, 7) is 1.32. The number of nitrogens with one attached hydrogen (secondary N) is 2. The van der Waals surface area contributed by atoms with E-state index in [0.717, 1.165) is 25.8 Å². The Bertz CT molecular complexity index is 279. The third-order valence-corrected chi connectivity index (χ3v) is 2.89. The fourth-order valence-corrected chi connectivity index (χ4v) is 1.81. The first-order chi connectivity index (χ1) is 8.65. The van der Waals surface area contributed by atoms with Gasteiger partial charge < -0.3 is 21.0 Å². The summed E-state index contributed by atoms with van der Waals surface area (Å²) in [5.41, 5.74) is 7.66. The van der Waals surface area contributed by atoms with E-state index in [4.69, 9.17) is 15.7 Å². The average Bonchev–Trinajstić information content (AvgIpc) is 2.86. The summed E-state index contributed by atoms with van der Waals surface area (Å²) in [5, 5.41) is 11.9. The molecule has 0 aliphatic carbocycles. The minimum atomic E-state index is -1.03. The van der Waals surface area contributed by atoms with E-state index in [1.54, 1.807) is 0 Å². The molecule has 0 unspecified atom stereocenters. The maximum Gasteiger partial charge on any atom is 0.341 e. The van der Waals surface area contributed by atoms with Crippen LogP contribution in [0.4, 0.5) is 0 Å². The number of hydroxylamine groups is 1. The van der Waals surface area contributed by atoms with Crippen LogP contribution in [0.3, 0.4) is 0 Å². The van der Waals surface area contributed by atoms with Crippen molar-refractivity contribution < 1.29 is 19.5 Å². The molecule has 1 heterocycles. The highest BCUT2D eigenvalue weighted by Crippen LogP contribution is 2.07. The molecule has 1 saturated heterocycles. The fraction of sp³-hybridized carbons (Fsp3) is 0.818. The molecule has 1 fully saturated rings. The Kier molecular flexibility index (Phi) is 6.63. The number of carboxylic acid groups (broad SMARTS) is 1. The van der Waals surface area contributed by atoms with E-state index in [9.17, 15) is 9.59 Å². The van der Waals surface area contributed by atoms with Gasteiger partial charge in [0.1, 0.15) is 12.1 Å². The van der Waals surface area contributed by atoms with Crippen molar-refractivity contribution in [2.75, 3.05) is 13.1 Å². The van der Waals surface area contributed by atoms with Gasteiger partial charge in [0.05, 0.1) is 0 Å². The standard InChI is InChI=1S/C11H21N3O4/c12-6-2-1-4-8(10(15)16)14-18-11(17)9-5-3-7-13-9/h8-9,13-14H,1-7,12H2,(H,15,16)/t8-,9+/m0/s1. The van der Waals surface area contributed by atoms with Gasteiger partial charge in [-0.05, 0) is 45.2 Å². The SMILES string of the molecule is NCCCC[C@H](NOC(=O)[C@H]1CCCN1)C(=O)O. The summed E-state index contributed by atoms with van der Waals surface area (Å²) in [6, 6.07) is -1.20. The van der Waals surface area contributed by atoms with Gasteiger partial charge in [-0.2, -0.15) is 0 Å². The van der Waals surface area contributed by atoms with E-state index in [0.29, 0.717) is 19.4 Å². The first-order valence-corrected chi connectivity index (χ1v) is 6.27. The van der Waals surface area contributed by atoms with Crippen molar-refractivity contribution in [2.24, 2.45) is 5.73 Å². The first kappa shape index (κ1) is 14.9. The van der Waals surface area contributed by atoms with Crippen molar-refractivity contribution in [3.63, 3.8) is 0 Å². The third kappa shape index (κ3) is 4.99. The Hall–Kier alpha value is -1.18. The highest BCUT2D eigenvalue weighted by molar-refractivity contribution is 5.77. The van der Waals surface area contributed by atoms with Crippen LogP contribution >= 0.6 is 0 Å². The van der Waals surface area contributed by atoms with Gasteiger partial charge in [-0.1, -0.05) is 0 Å². The zero-order valence-corrected chi connectivity index (χ0v) is 10.4. The molecule has 0 amide bonds. The van der Waals surface area contributed by atoms with Crippen LogP contribution < -0.4 is 16.5 Å². The van der Waals surface area contributed by atoms with E-state index < -0.39 is 18.0 Å². The molecule has 0 aromatic rings. The summed E-state index contributed by atoms with van der Waals surface area (Å²) in [7, 11) is 0. The molecule has 7 heteroatoms. The number of carbonyl (C=O) groups is 2. The summed E-state index contributed by atoms with van der Waals surface area (Å²) in [5.74, 6) is -1.48. The Labute approximate surface area is 106 Å². The van der Waals surface area contributed by atoms with Gasteiger partial charge in [0.15, 0.2) is 0 Å². The lowest BCUT2D eigenvalue weighted by Crippen LogP contribution is -2.42. The molecular weight excluding hydrogens is 238 g/mol. The van der Waals surface area contributed by atoms with E-state index in [1.165, 1.54) is 0 Å². The van der Waals surface area contributed by atoms with Crippen molar-refractivity contribution in [3.8, 4) is 0 Å². The summed E-state index contributed by atoms with van der Waals surface area (Å²) >= 11 is 0. The molecule has 5 N–H and O–H groups in total. The maximum atomic E-state index is 11.5. The largest absolute Gasteiger partial charge is 0.480 e. The Balaban J connectivity index is 2.27. The minimum absolute atomic E-state index is 0.323. The van der Waals surface area contributed by atoms with Gasteiger partial charge >= 0.3 is 11.9 Å². The van der Waals surface area contributed by atoms with Crippen LogP contribution in [0.15, 0.2) is 0 Å². The first-order valence-electron chi connectivity index (χ1n) is 6.27. The van der Waals surface area contributed by atoms with Gasteiger partial charge in [0.2, 0.25) is 0 Å². The van der Waals surface area contributed by atoms with Gasteiger partial charge in [-0.3, -0.25) is 4.79 Å². The van der Waals surface area contributed by atoms with Crippen LogP contribution in [0, 0.1) is 0 Å². The predicted octanol–water partition coefficient (Wildman–Crippen LogP) is -0.632. The van der Waals surface area contributed by atoms with Crippen molar-refractivity contribution >= 4 is 11.9 Å². The number of aliphatic carboxylic acids is 1. The quantitative estimate of drug-likeness (QED) is 0.339. The lowest BCUT2D eigenvalue weighted by atomic mass is 10.1. The molecule has 104 valence electrons.